The molecule has 6 heteroatoms. The number of nitrogens with one attached hydrogen (secondary N) is 2. The van der Waals surface area contributed by atoms with E-state index in [2.05, 4.69) is 20.7 Å². The van der Waals surface area contributed by atoms with Crippen molar-refractivity contribution >= 4 is 11.6 Å². The molecule has 1 heterocycles. The van der Waals surface area contributed by atoms with Gasteiger partial charge in [0.1, 0.15) is 18.2 Å². The smallest absolute Gasteiger partial charge is 0.250 e. The monoisotopic (exact) mass is 349 g/mol. The lowest BCUT2D eigenvalue weighted by Crippen LogP contribution is -2.48. The van der Waals surface area contributed by atoms with Gasteiger partial charge in [-0.15, -0.1) is 0 Å². The molecular weight excluding hydrogens is 326 g/mol. The summed E-state index contributed by atoms with van der Waals surface area (Å²) in [6.45, 7) is 4.98. The third kappa shape index (κ3) is 4.08. The first-order valence-corrected chi connectivity index (χ1v) is 8.59. The zero-order chi connectivity index (χ0) is 18.4. The van der Waals surface area contributed by atoms with Crippen LogP contribution < -0.4 is 10.6 Å². The largest absolute Gasteiger partial charge is 0.368 e. The number of anilines is 1. The summed E-state index contributed by atoms with van der Waals surface area (Å²) in [6, 6.07) is 17.8. The molecule has 0 saturated carbocycles. The van der Waals surface area contributed by atoms with E-state index in [1.807, 2.05) is 68.4 Å². The number of hydrogen-bond acceptors (Lipinski definition) is 4. The molecule has 0 fully saturated rings. The van der Waals surface area contributed by atoms with E-state index in [1.165, 1.54) is 11.9 Å². The number of amides is 1. The Morgan fingerprint density at radius 2 is 1.85 bits per heavy atom. The highest BCUT2D eigenvalue weighted by Gasteiger charge is 2.34. The molecule has 0 aliphatic rings. The highest BCUT2D eigenvalue weighted by Crippen LogP contribution is 2.26. The third-order valence-electron chi connectivity index (χ3n) is 4.34. The van der Waals surface area contributed by atoms with Crippen LogP contribution in [0.15, 0.2) is 67.3 Å². The molecule has 0 saturated heterocycles. The van der Waals surface area contributed by atoms with Crippen molar-refractivity contribution in [2.75, 3.05) is 11.9 Å². The molecule has 0 bridgehead atoms. The number of rotatable bonds is 7. The van der Waals surface area contributed by atoms with Gasteiger partial charge in [-0.05, 0) is 31.5 Å². The molecule has 0 aliphatic heterocycles. The fourth-order valence-corrected chi connectivity index (χ4v) is 2.77. The van der Waals surface area contributed by atoms with Crippen molar-refractivity contribution in [3.63, 3.8) is 0 Å². The molecule has 0 unspecified atom stereocenters. The topological polar surface area (TPSA) is 71.8 Å². The van der Waals surface area contributed by atoms with Crippen LogP contribution in [0.5, 0.6) is 0 Å². The summed E-state index contributed by atoms with van der Waals surface area (Å²) < 4.78 is 1.69. The van der Waals surface area contributed by atoms with Crippen LogP contribution >= 0.6 is 0 Å². The maximum atomic E-state index is 13.0. The summed E-state index contributed by atoms with van der Waals surface area (Å²) in [6.07, 6.45) is 3.11. The van der Waals surface area contributed by atoms with Gasteiger partial charge < -0.3 is 10.6 Å². The van der Waals surface area contributed by atoms with Crippen LogP contribution in [-0.4, -0.2) is 27.2 Å². The van der Waals surface area contributed by atoms with Crippen molar-refractivity contribution in [3.05, 3.63) is 78.4 Å². The predicted octanol–water partition coefficient (Wildman–Crippen LogP) is 2.73. The molecule has 0 radical (unpaired) electrons. The maximum absolute atomic E-state index is 13.0. The van der Waals surface area contributed by atoms with E-state index in [9.17, 15) is 4.79 Å². The third-order valence-corrected chi connectivity index (χ3v) is 4.34. The lowest BCUT2D eigenvalue weighted by Gasteiger charge is -2.31. The van der Waals surface area contributed by atoms with E-state index in [0.29, 0.717) is 13.1 Å². The Hall–Kier alpha value is -3.15. The quantitative estimate of drug-likeness (QED) is 0.688. The molecule has 2 N–H and O–H groups in total. The van der Waals surface area contributed by atoms with Crippen molar-refractivity contribution in [2.45, 2.75) is 25.9 Å². The first-order valence-electron chi connectivity index (χ1n) is 8.59. The van der Waals surface area contributed by atoms with Gasteiger partial charge in [0.2, 0.25) is 5.91 Å². The Balaban J connectivity index is 1.77. The van der Waals surface area contributed by atoms with Crippen LogP contribution in [0.1, 0.15) is 18.1 Å². The summed E-state index contributed by atoms with van der Waals surface area (Å²) in [5, 5.41) is 10.4. The minimum atomic E-state index is -0.890. The van der Waals surface area contributed by atoms with Gasteiger partial charge in [-0.2, -0.15) is 5.10 Å². The number of benzene rings is 2. The normalized spacial score (nSPS) is 13.0. The van der Waals surface area contributed by atoms with E-state index in [-0.39, 0.29) is 5.91 Å². The lowest BCUT2D eigenvalue weighted by molar-refractivity contribution is -0.125. The summed E-state index contributed by atoms with van der Waals surface area (Å²) in [5.74, 6) is -0.0932. The molecule has 26 heavy (non-hydrogen) atoms. The van der Waals surface area contributed by atoms with Crippen molar-refractivity contribution in [3.8, 4) is 0 Å². The number of hydrogen-bond donors (Lipinski definition) is 2. The van der Waals surface area contributed by atoms with Crippen LogP contribution in [0.3, 0.4) is 0 Å². The van der Waals surface area contributed by atoms with Gasteiger partial charge >= 0.3 is 0 Å². The summed E-state index contributed by atoms with van der Waals surface area (Å²) in [7, 11) is 0. The highest BCUT2D eigenvalue weighted by atomic mass is 16.2. The number of aryl methyl sites for hydroxylation is 1. The first-order chi connectivity index (χ1) is 12.6. The van der Waals surface area contributed by atoms with Gasteiger partial charge in [0, 0.05) is 12.2 Å². The number of nitrogens with zero attached hydrogens (tertiary/aromatic N) is 3. The summed E-state index contributed by atoms with van der Waals surface area (Å²) in [5.41, 5.74) is 2.08. The average molecular weight is 349 g/mol. The minimum Gasteiger partial charge on any atom is -0.368 e. The molecular formula is C20H23N5O. The molecule has 0 spiro atoms. The summed E-state index contributed by atoms with van der Waals surface area (Å²) in [4.78, 5) is 17.0. The van der Waals surface area contributed by atoms with Crippen molar-refractivity contribution in [2.24, 2.45) is 0 Å². The fourth-order valence-electron chi connectivity index (χ4n) is 2.77. The van der Waals surface area contributed by atoms with E-state index in [0.717, 1.165) is 11.3 Å². The van der Waals surface area contributed by atoms with Crippen LogP contribution in [-0.2, 0) is 16.9 Å². The van der Waals surface area contributed by atoms with Crippen LogP contribution in [0.25, 0.3) is 0 Å². The number of carbonyl (C=O) groups excluding carboxylic acids is 1. The second-order valence-electron chi connectivity index (χ2n) is 6.40. The number of carbonyl (C=O) groups is 1. The van der Waals surface area contributed by atoms with E-state index >= 15 is 0 Å². The second kappa shape index (κ2) is 7.82. The Labute approximate surface area is 153 Å². The van der Waals surface area contributed by atoms with Gasteiger partial charge in [0.25, 0.3) is 0 Å². The maximum Gasteiger partial charge on any atom is 0.250 e. The van der Waals surface area contributed by atoms with Crippen LogP contribution in [0, 0.1) is 6.92 Å². The van der Waals surface area contributed by atoms with Crippen molar-refractivity contribution in [1.29, 1.82) is 0 Å². The molecule has 3 rings (SSSR count). The molecule has 1 aromatic heterocycles. The Morgan fingerprint density at radius 1 is 1.12 bits per heavy atom. The van der Waals surface area contributed by atoms with Crippen molar-refractivity contribution in [1.82, 2.24) is 20.1 Å². The van der Waals surface area contributed by atoms with Gasteiger partial charge in [0.15, 0.2) is 0 Å². The van der Waals surface area contributed by atoms with Crippen LogP contribution in [0.4, 0.5) is 5.69 Å². The Morgan fingerprint density at radius 3 is 2.50 bits per heavy atom. The van der Waals surface area contributed by atoms with E-state index in [1.54, 1.807) is 11.0 Å². The molecule has 134 valence electrons. The first kappa shape index (κ1) is 17.7. The second-order valence-corrected chi connectivity index (χ2v) is 6.40. The highest BCUT2D eigenvalue weighted by molar-refractivity contribution is 5.90. The average Bonchev–Trinajstić information content (AvgIpc) is 3.17. The SMILES string of the molecule is Cc1ccc(N[C@](C)(C(=O)NCCn2cncn2)c2ccccc2)cc1. The van der Waals surface area contributed by atoms with E-state index < -0.39 is 5.54 Å². The zero-order valence-corrected chi connectivity index (χ0v) is 15.0. The molecule has 0 aliphatic carbocycles. The van der Waals surface area contributed by atoms with E-state index in [4.69, 9.17) is 0 Å². The predicted molar refractivity (Wildman–Crippen MR) is 102 cm³/mol. The lowest BCUT2D eigenvalue weighted by atomic mass is 9.90. The van der Waals surface area contributed by atoms with Gasteiger partial charge in [-0.25, -0.2) is 4.98 Å². The zero-order valence-electron chi connectivity index (χ0n) is 15.0. The minimum absolute atomic E-state index is 0.0932. The molecule has 2 aromatic carbocycles. The van der Waals surface area contributed by atoms with Gasteiger partial charge in [-0.3, -0.25) is 9.48 Å². The Kier molecular flexibility index (Phi) is 5.31. The standard InChI is InChI=1S/C20H23N5O/c1-16-8-10-18(11-9-16)24-20(2,17-6-4-3-5-7-17)19(26)22-12-13-25-15-21-14-23-25/h3-11,14-15,24H,12-13H2,1-2H3,(H,22,26)/t20-/m0/s1. The molecule has 3 aromatic rings. The summed E-state index contributed by atoms with van der Waals surface area (Å²) >= 11 is 0. The molecule has 1 atom stereocenters. The Bertz CT molecular complexity index is 830. The molecule has 1 amide bonds. The van der Waals surface area contributed by atoms with Gasteiger partial charge in [-0.1, -0.05) is 48.0 Å². The van der Waals surface area contributed by atoms with Crippen LogP contribution in [0.2, 0.25) is 0 Å². The number of aromatic nitrogens is 3. The molecule has 6 nitrogen and oxygen atoms in total. The fraction of sp³-hybridized carbons (Fsp3) is 0.250. The van der Waals surface area contributed by atoms with Crippen molar-refractivity contribution < 1.29 is 4.79 Å². The van der Waals surface area contributed by atoms with Gasteiger partial charge in [0.05, 0.1) is 6.54 Å².